The average molecular weight is 232 g/mol. The maximum absolute atomic E-state index is 11.2. The van der Waals surface area contributed by atoms with Gasteiger partial charge in [-0.2, -0.15) is 0 Å². The SMILES string of the molecule is NCC=CCOc1ccc2c(c1)CCC(=O)N2. The Morgan fingerprint density at radius 2 is 2.24 bits per heavy atom. The van der Waals surface area contributed by atoms with E-state index in [0.717, 1.165) is 23.4 Å². The normalized spacial score (nSPS) is 14.5. The summed E-state index contributed by atoms with van der Waals surface area (Å²) in [6.45, 7) is 1.04. The highest BCUT2D eigenvalue weighted by Gasteiger charge is 2.14. The van der Waals surface area contributed by atoms with Gasteiger partial charge in [0.2, 0.25) is 5.91 Å². The molecule has 0 unspecified atom stereocenters. The standard InChI is InChI=1S/C13H16N2O2/c14-7-1-2-8-17-11-4-5-12-10(9-11)3-6-13(16)15-12/h1-2,4-5,9H,3,6-8,14H2,(H,15,16). The van der Waals surface area contributed by atoms with Gasteiger partial charge in [0.05, 0.1) is 0 Å². The number of fused-ring (bicyclic) bond motifs is 1. The number of ether oxygens (including phenoxy) is 1. The number of nitrogens with one attached hydrogen (secondary N) is 1. The summed E-state index contributed by atoms with van der Waals surface area (Å²) in [7, 11) is 0. The van der Waals surface area contributed by atoms with Gasteiger partial charge in [-0.25, -0.2) is 0 Å². The Kier molecular flexibility index (Phi) is 3.77. The summed E-state index contributed by atoms with van der Waals surface area (Å²) in [5.41, 5.74) is 7.35. The van der Waals surface area contributed by atoms with Crippen LogP contribution in [0.4, 0.5) is 5.69 Å². The minimum Gasteiger partial charge on any atom is -0.490 e. The van der Waals surface area contributed by atoms with Gasteiger partial charge in [-0.15, -0.1) is 0 Å². The second-order valence-electron chi connectivity index (χ2n) is 3.89. The molecule has 0 spiro atoms. The van der Waals surface area contributed by atoms with Crippen LogP contribution in [0.15, 0.2) is 30.4 Å². The molecule has 3 N–H and O–H groups in total. The first-order chi connectivity index (χ1) is 8.29. The lowest BCUT2D eigenvalue weighted by Gasteiger charge is -2.17. The number of nitrogens with two attached hydrogens (primary N) is 1. The second-order valence-corrected chi connectivity index (χ2v) is 3.89. The predicted molar refractivity (Wildman–Crippen MR) is 67.1 cm³/mol. The van der Waals surface area contributed by atoms with Crippen molar-refractivity contribution in [1.29, 1.82) is 0 Å². The molecule has 90 valence electrons. The summed E-state index contributed by atoms with van der Waals surface area (Å²) in [6.07, 6.45) is 5.07. The van der Waals surface area contributed by atoms with Gasteiger partial charge in [0, 0.05) is 18.7 Å². The number of aryl methyl sites for hydroxylation is 1. The Morgan fingerprint density at radius 3 is 3.06 bits per heavy atom. The number of anilines is 1. The van der Waals surface area contributed by atoms with Crippen LogP contribution < -0.4 is 15.8 Å². The predicted octanol–water partition coefficient (Wildman–Crippen LogP) is 1.46. The molecule has 1 aliphatic heterocycles. The van der Waals surface area contributed by atoms with Crippen LogP contribution in [0, 0.1) is 0 Å². The molecule has 1 aromatic rings. The number of hydrogen-bond acceptors (Lipinski definition) is 3. The highest BCUT2D eigenvalue weighted by molar-refractivity contribution is 5.93. The lowest BCUT2D eigenvalue weighted by atomic mass is 10.0. The van der Waals surface area contributed by atoms with E-state index in [-0.39, 0.29) is 5.91 Å². The fourth-order valence-electron chi connectivity index (χ4n) is 1.76. The molecule has 2 rings (SSSR count). The van der Waals surface area contributed by atoms with Crippen LogP contribution in [-0.2, 0) is 11.2 Å². The fraction of sp³-hybridized carbons (Fsp3) is 0.308. The van der Waals surface area contributed by atoms with Crippen molar-refractivity contribution in [2.75, 3.05) is 18.5 Å². The van der Waals surface area contributed by atoms with E-state index in [2.05, 4.69) is 5.32 Å². The third-order valence-corrected chi connectivity index (χ3v) is 2.62. The lowest BCUT2D eigenvalue weighted by molar-refractivity contribution is -0.116. The van der Waals surface area contributed by atoms with Gasteiger partial charge in [0.25, 0.3) is 0 Å². The molecule has 1 aliphatic rings. The van der Waals surface area contributed by atoms with E-state index < -0.39 is 0 Å². The molecule has 0 saturated carbocycles. The lowest BCUT2D eigenvalue weighted by Crippen LogP contribution is -2.18. The molecule has 0 saturated heterocycles. The van der Waals surface area contributed by atoms with Crippen LogP contribution in [-0.4, -0.2) is 19.1 Å². The van der Waals surface area contributed by atoms with Crippen LogP contribution in [0.3, 0.4) is 0 Å². The van der Waals surface area contributed by atoms with E-state index >= 15 is 0 Å². The molecule has 1 heterocycles. The molecule has 0 radical (unpaired) electrons. The van der Waals surface area contributed by atoms with Gasteiger partial charge in [0.15, 0.2) is 0 Å². The van der Waals surface area contributed by atoms with E-state index in [1.54, 1.807) is 0 Å². The number of rotatable bonds is 4. The quantitative estimate of drug-likeness (QED) is 0.772. The minimum atomic E-state index is 0.0806. The number of carbonyl (C=O) groups excluding carboxylic acids is 1. The Hall–Kier alpha value is -1.81. The smallest absolute Gasteiger partial charge is 0.224 e. The molecule has 0 bridgehead atoms. The fourth-order valence-corrected chi connectivity index (χ4v) is 1.76. The molecule has 4 heteroatoms. The van der Waals surface area contributed by atoms with E-state index in [0.29, 0.717) is 19.6 Å². The average Bonchev–Trinajstić information content (AvgIpc) is 2.35. The number of hydrogen-bond donors (Lipinski definition) is 2. The zero-order valence-electron chi connectivity index (χ0n) is 9.61. The first-order valence-electron chi connectivity index (χ1n) is 5.70. The van der Waals surface area contributed by atoms with Gasteiger partial charge in [0.1, 0.15) is 12.4 Å². The van der Waals surface area contributed by atoms with Crippen molar-refractivity contribution in [3.63, 3.8) is 0 Å². The Morgan fingerprint density at radius 1 is 1.35 bits per heavy atom. The number of benzene rings is 1. The highest BCUT2D eigenvalue weighted by Crippen LogP contribution is 2.26. The van der Waals surface area contributed by atoms with Crippen LogP contribution in [0.1, 0.15) is 12.0 Å². The van der Waals surface area contributed by atoms with E-state index in [1.807, 2.05) is 30.4 Å². The van der Waals surface area contributed by atoms with Crippen LogP contribution in [0.5, 0.6) is 5.75 Å². The maximum Gasteiger partial charge on any atom is 0.224 e. The van der Waals surface area contributed by atoms with Crippen LogP contribution in [0.2, 0.25) is 0 Å². The third-order valence-electron chi connectivity index (χ3n) is 2.62. The van der Waals surface area contributed by atoms with Crippen molar-refractivity contribution < 1.29 is 9.53 Å². The Balaban J connectivity index is 2.01. The van der Waals surface area contributed by atoms with Crippen molar-refractivity contribution in [1.82, 2.24) is 0 Å². The summed E-state index contributed by atoms with van der Waals surface area (Å²) < 4.78 is 5.55. The van der Waals surface area contributed by atoms with Crippen molar-refractivity contribution in [3.8, 4) is 5.75 Å². The van der Waals surface area contributed by atoms with Crippen molar-refractivity contribution in [2.24, 2.45) is 5.73 Å². The summed E-state index contributed by atoms with van der Waals surface area (Å²) >= 11 is 0. The van der Waals surface area contributed by atoms with Crippen molar-refractivity contribution in [2.45, 2.75) is 12.8 Å². The van der Waals surface area contributed by atoms with E-state index in [1.165, 1.54) is 0 Å². The van der Waals surface area contributed by atoms with Gasteiger partial charge >= 0.3 is 0 Å². The van der Waals surface area contributed by atoms with E-state index in [4.69, 9.17) is 10.5 Å². The molecule has 17 heavy (non-hydrogen) atoms. The zero-order chi connectivity index (χ0) is 12.1. The molecule has 1 amide bonds. The molecule has 0 fully saturated rings. The largest absolute Gasteiger partial charge is 0.490 e. The zero-order valence-corrected chi connectivity index (χ0v) is 9.61. The molecular formula is C13H16N2O2. The molecule has 0 aromatic heterocycles. The Bertz CT molecular complexity index is 441. The molecular weight excluding hydrogens is 216 g/mol. The molecule has 0 atom stereocenters. The van der Waals surface area contributed by atoms with Gasteiger partial charge in [-0.1, -0.05) is 12.2 Å². The maximum atomic E-state index is 11.2. The van der Waals surface area contributed by atoms with Gasteiger partial charge in [-0.3, -0.25) is 4.79 Å². The Labute approximate surface area is 100 Å². The molecule has 4 nitrogen and oxygen atoms in total. The van der Waals surface area contributed by atoms with Crippen LogP contribution in [0.25, 0.3) is 0 Å². The second kappa shape index (κ2) is 5.50. The van der Waals surface area contributed by atoms with E-state index in [9.17, 15) is 4.79 Å². The van der Waals surface area contributed by atoms with Gasteiger partial charge in [-0.05, 0) is 30.2 Å². The number of amides is 1. The third kappa shape index (κ3) is 3.07. The highest BCUT2D eigenvalue weighted by atomic mass is 16.5. The molecule has 0 aliphatic carbocycles. The first kappa shape index (κ1) is 11.7. The summed E-state index contributed by atoms with van der Waals surface area (Å²) in [5, 5.41) is 2.84. The summed E-state index contributed by atoms with van der Waals surface area (Å²) in [6, 6.07) is 5.72. The topological polar surface area (TPSA) is 64.3 Å². The van der Waals surface area contributed by atoms with Crippen LogP contribution >= 0.6 is 0 Å². The number of carbonyl (C=O) groups is 1. The summed E-state index contributed by atoms with van der Waals surface area (Å²) in [5.74, 6) is 0.901. The summed E-state index contributed by atoms with van der Waals surface area (Å²) in [4.78, 5) is 11.2. The monoisotopic (exact) mass is 232 g/mol. The van der Waals surface area contributed by atoms with Gasteiger partial charge < -0.3 is 15.8 Å². The van der Waals surface area contributed by atoms with Crippen molar-refractivity contribution in [3.05, 3.63) is 35.9 Å². The minimum absolute atomic E-state index is 0.0806. The van der Waals surface area contributed by atoms with Crippen molar-refractivity contribution >= 4 is 11.6 Å². The molecule has 1 aromatic carbocycles. The first-order valence-corrected chi connectivity index (χ1v) is 5.70.